The molecule has 0 aliphatic carbocycles. The maximum Gasteiger partial charge on any atom is 0.0642 e. The maximum atomic E-state index is 6.07. The van der Waals surface area contributed by atoms with Crippen LogP contribution >= 0.6 is 39.1 Å². The van der Waals surface area contributed by atoms with Crippen LogP contribution in [0.15, 0.2) is 40.9 Å². The fraction of sp³-hybridized carbons (Fsp3) is 0. The minimum atomic E-state index is 0.609. The topological polar surface area (TPSA) is 38.0 Å². The lowest BCUT2D eigenvalue weighted by atomic mass is 10.2. The van der Waals surface area contributed by atoms with Gasteiger partial charge in [-0.25, -0.2) is 0 Å². The van der Waals surface area contributed by atoms with Crippen molar-refractivity contribution < 1.29 is 0 Å². The van der Waals surface area contributed by atoms with E-state index in [1.807, 2.05) is 18.2 Å². The van der Waals surface area contributed by atoms with Crippen molar-refractivity contribution in [3.8, 4) is 0 Å². The van der Waals surface area contributed by atoms with Crippen LogP contribution in [0, 0.1) is 0 Å². The van der Waals surface area contributed by atoms with E-state index in [9.17, 15) is 0 Å². The summed E-state index contributed by atoms with van der Waals surface area (Å²) in [6.07, 6.45) is 0. The van der Waals surface area contributed by atoms with Gasteiger partial charge in [0.1, 0.15) is 0 Å². The molecule has 2 rings (SSSR count). The van der Waals surface area contributed by atoms with Crippen molar-refractivity contribution in [3.63, 3.8) is 0 Å². The van der Waals surface area contributed by atoms with Gasteiger partial charge in [-0.2, -0.15) is 0 Å². The second kappa shape index (κ2) is 5.17. The zero-order valence-corrected chi connectivity index (χ0v) is 11.8. The van der Waals surface area contributed by atoms with Crippen LogP contribution in [-0.2, 0) is 0 Å². The lowest BCUT2D eigenvalue weighted by Crippen LogP contribution is -1.93. The van der Waals surface area contributed by atoms with Gasteiger partial charge >= 0.3 is 0 Å². The quantitative estimate of drug-likeness (QED) is 0.753. The fourth-order valence-electron chi connectivity index (χ4n) is 1.37. The summed E-state index contributed by atoms with van der Waals surface area (Å²) in [5.74, 6) is 0. The van der Waals surface area contributed by atoms with Crippen LogP contribution in [0.1, 0.15) is 0 Å². The highest BCUT2D eigenvalue weighted by Gasteiger charge is 2.04. The van der Waals surface area contributed by atoms with Crippen molar-refractivity contribution in [1.82, 2.24) is 0 Å². The first kappa shape index (κ1) is 12.6. The molecule has 2 aromatic rings. The van der Waals surface area contributed by atoms with E-state index in [1.165, 1.54) is 0 Å². The Bertz CT molecular complexity index is 558. The Morgan fingerprint density at radius 2 is 1.76 bits per heavy atom. The highest BCUT2D eigenvalue weighted by molar-refractivity contribution is 9.10. The van der Waals surface area contributed by atoms with Gasteiger partial charge in [-0.15, -0.1) is 0 Å². The van der Waals surface area contributed by atoms with Gasteiger partial charge in [0, 0.05) is 15.2 Å². The largest absolute Gasteiger partial charge is 0.399 e. The van der Waals surface area contributed by atoms with Gasteiger partial charge in [-0.3, -0.25) is 0 Å². The monoisotopic (exact) mass is 330 g/mol. The summed E-state index contributed by atoms with van der Waals surface area (Å²) >= 11 is 15.4. The van der Waals surface area contributed by atoms with E-state index >= 15 is 0 Å². The van der Waals surface area contributed by atoms with E-state index in [0.717, 1.165) is 15.8 Å². The van der Waals surface area contributed by atoms with Gasteiger partial charge in [-0.05, 0) is 52.3 Å². The average Bonchev–Trinajstić information content (AvgIpc) is 2.27. The van der Waals surface area contributed by atoms with Crippen LogP contribution in [0.4, 0.5) is 17.1 Å². The molecule has 0 aromatic heterocycles. The van der Waals surface area contributed by atoms with E-state index in [2.05, 4.69) is 21.2 Å². The van der Waals surface area contributed by atoms with Crippen molar-refractivity contribution in [1.29, 1.82) is 0 Å². The number of benzene rings is 2. The molecule has 0 aliphatic heterocycles. The molecular weight excluding hydrogens is 323 g/mol. The number of hydrogen-bond donors (Lipinski definition) is 2. The van der Waals surface area contributed by atoms with Crippen LogP contribution in [0.25, 0.3) is 0 Å². The molecule has 5 heteroatoms. The van der Waals surface area contributed by atoms with Crippen molar-refractivity contribution in [3.05, 3.63) is 50.9 Å². The molecule has 0 unspecified atom stereocenters. The summed E-state index contributed by atoms with van der Waals surface area (Å²) < 4.78 is 0.869. The first-order valence-corrected chi connectivity index (χ1v) is 6.38. The summed E-state index contributed by atoms with van der Waals surface area (Å²) in [6, 6.07) is 10.8. The van der Waals surface area contributed by atoms with Crippen LogP contribution in [0.5, 0.6) is 0 Å². The van der Waals surface area contributed by atoms with Gasteiger partial charge in [0.25, 0.3) is 0 Å². The number of nitrogen functional groups attached to an aromatic ring is 1. The van der Waals surface area contributed by atoms with Crippen molar-refractivity contribution in [2.24, 2.45) is 0 Å². The van der Waals surface area contributed by atoms with Crippen LogP contribution < -0.4 is 11.1 Å². The normalized spacial score (nSPS) is 10.3. The molecule has 3 N–H and O–H groups in total. The number of nitrogens with two attached hydrogens (primary N) is 1. The molecule has 0 saturated carbocycles. The smallest absolute Gasteiger partial charge is 0.0642 e. The lowest BCUT2D eigenvalue weighted by molar-refractivity contribution is 1.52. The number of halogens is 3. The summed E-state index contributed by atoms with van der Waals surface area (Å²) in [6.45, 7) is 0. The van der Waals surface area contributed by atoms with Gasteiger partial charge < -0.3 is 11.1 Å². The fourth-order valence-corrected chi connectivity index (χ4v) is 2.20. The molecule has 0 bridgehead atoms. The molecule has 0 amide bonds. The van der Waals surface area contributed by atoms with Gasteiger partial charge in [0.2, 0.25) is 0 Å². The maximum absolute atomic E-state index is 6.07. The second-order valence-electron chi connectivity index (χ2n) is 3.49. The summed E-state index contributed by atoms with van der Waals surface area (Å²) in [4.78, 5) is 0. The highest BCUT2D eigenvalue weighted by atomic mass is 79.9. The third kappa shape index (κ3) is 3.06. The third-order valence-corrected chi connectivity index (χ3v) is 3.41. The van der Waals surface area contributed by atoms with E-state index in [-0.39, 0.29) is 0 Å². The predicted octanol–water partition coefficient (Wildman–Crippen LogP) is 5.08. The number of nitrogens with one attached hydrogen (secondary N) is 1. The number of anilines is 3. The van der Waals surface area contributed by atoms with E-state index in [1.54, 1.807) is 18.2 Å². The Morgan fingerprint density at radius 1 is 1.00 bits per heavy atom. The van der Waals surface area contributed by atoms with Crippen LogP contribution in [0.3, 0.4) is 0 Å². The van der Waals surface area contributed by atoms with E-state index in [0.29, 0.717) is 15.7 Å². The summed E-state index contributed by atoms with van der Waals surface area (Å²) in [5, 5.41) is 4.43. The first-order chi connectivity index (χ1) is 8.06. The van der Waals surface area contributed by atoms with E-state index < -0.39 is 0 Å². The van der Waals surface area contributed by atoms with Crippen LogP contribution in [0.2, 0.25) is 10.0 Å². The standard InChI is InChI=1S/C12H9BrCl2N2/c13-9-6-8(16)2-4-11(9)17-12-5-7(14)1-3-10(12)15/h1-6,17H,16H2. The molecule has 88 valence electrons. The Balaban J connectivity index is 2.34. The van der Waals surface area contributed by atoms with Gasteiger partial charge in [-0.1, -0.05) is 23.2 Å². The van der Waals surface area contributed by atoms with Gasteiger partial charge in [0.05, 0.1) is 16.4 Å². The van der Waals surface area contributed by atoms with E-state index in [4.69, 9.17) is 28.9 Å². The lowest BCUT2D eigenvalue weighted by Gasteiger charge is -2.11. The molecule has 0 atom stereocenters. The number of rotatable bonds is 2. The minimum absolute atomic E-state index is 0.609. The third-order valence-electron chi connectivity index (χ3n) is 2.19. The second-order valence-corrected chi connectivity index (χ2v) is 5.19. The predicted molar refractivity (Wildman–Crippen MR) is 78.3 cm³/mol. The van der Waals surface area contributed by atoms with Crippen molar-refractivity contribution in [2.75, 3.05) is 11.1 Å². The molecule has 0 heterocycles. The Morgan fingerprint density at radius 3 is 2.47 bits per heavy atom. The molecule has 0 radical (unpaired) electrons. The Hall–Kier alpha value is -0.900. The molecular formula is C12H9BrCl2N2. The Kier molecular flexibility index (Phi) is 3.82. The average molecular weight is 332 g/mol. The van der Waals surface area contributed by atoms with Gasteiger partial charge in [0.15, 0.2) is 0 Å². The minimum Gasteiger partial charge on any atom is -0.399 e. The zero-order valence-electron chi connectivity index (χ0n) is 8.68. The molecule has 2 nitrogen and oxygen atoms in total. The molecule has 0 fully saturated rings. The molecule has 0 spiro atoms. The molecule has 17 heavy (non-hydrogen) atoms. The van der Waals surface area contributed by atoms with Crippen LogP contribution in [-0.4, -0.2) is 0 Å². The molecule has 0 saturated heterocycles. The van der Waals surface area contributed by atoms with Crippen molar-refractivity contribution in [2.45, 2.75) is 0 Å². The molecule has 2 aromatic carbocycles. The number of hydrogen-bond acceptors (Lipinski definition) is 2. The Labute approximate surface area is 118 Å². The highest BCUT2D eigenvalue weighted by Crippen LogP contribution is 2.32. The van der Waals surface area contributed by atoms with Crippen molar-refractivity contribution >= 4 is 56.2 Å². The molecule has 0 aliphatic rings. The summed E-state index contributed by atoms with van der Waals surface area (Å²) in [7, 11) is 0. The first-order valence-electron chi connectivity index (χ1n) is 4.83. The zero-order chi connectivity index (χ0) is 12.4. The SMILES string of the molecule is Nc1ccc(Nc2cc(Cl)ccc2Cl)c(Br)c1. The summed E-state index contributed by atoms with van der Waals surface area (Å²) in [5.41, 5.74) is 8.00.